The van der Waals surface area contributed by atoms with Crippen molar-refractivity contribution in [1.29, 1.82) is 0 Å². The fraction of sp³-hybridized carbons (Fsp3) is 0.200. The zero-order valence-corrected chi connectivity index (χ0v) is 17.5. The lowest BCUT2D eigenvalue weighted by Gasteiger charge is -2.13. The average molecular weight is 399 g/mol. The number of rotatable bonds is 6. The van der Waals surface area contributed by atoms with Crippen molar-refractivity contribution >= 4 is 22.6 Å². The zero-order valence-electron chi connectivity index (χ0n) is 17.5. The minimum Gasteiger partial charge on any atom is -0.485 e. The molecule has 0 unspecified atom stereocenters. The van der Waals surface area contributed by atoms with Crippen molar-refractivity contribution in [3.8, 4) is 5.75 Å². The van der Waals surface area contributed by atoms with Crippen LogP contribution in [0.2, 0.25) is 0 Å². The van der Waals surface area contributed by atoms with Crippen LogP contribution in [0.5, 0.6) is 5.75 Å². The van der Waals surface area contributed by atoms with E-state index in [1.54, 1.807) is 0 Å². The van der Waals surface area contributed by atoms with Crippen molar-refractivity contribution in [2.24, 2.45) is 0 Å². The van der Waals surface area contributed by atoms with Gasteiger partial charge in [0, 0.05) is 5.69 Å². The van der Waals surface area contributed by atoms with Crippen LogP contribution in [0.15, 0.2) is 66.7 Å². The highest BCUT2D eigenvalue weighted by molar-refractivity contribution is 5.91. The van der Waals surface area contributed by atoms with Crippen molar-refractivity contribution < 1.29 is 9.53 Å². The second-order valence-electron chi connectivity index (χ2n) is 7.57. The van der Waals surface area contributed by atoms with Gasteiger partial charge in [-0.05, 0) is 62.2 Å². The van der Waals surface area contributed by atoms with E-state index in [1.807, 2.05) is 86.0 Å². The van der Waals surface area contributed by atoms with Gasteiger partial charge in [0.15, 0.2) is 0 Å². The van der Waals surface area contributed by atoms with Crippen molar-refractivity contribution in [3.63, 3.8) is 0 Å². The second-order valence-corrected chi connectivity index (χ2v) is 7.57. The van der Waals surface area contributed by atoms with E-state index in [0.29, 0.717) is 0 Å². The van der Waals surface area contributed by atoms with E-state index >= 15 is 0 Å². The Morgan fingerprint density at radius 1 is 0.967 bits per heavy atom. The molecule has 4 aromatic rings. The Hall–Kier alpha value is -3.60. The third kappa shape index (κ3) is 4.35. The lowest BCUT2D eigenvalue weighted by molar-refractivity contribution is -0.116. The van der Waals surface area contributed by atoms with Crippen molar-refractivity contribution in [1.82, 2.24) is 9.55 Å². The molecule has 0 saturated heterocycles. The standard InChI is InChI=1S/C25H25N3O2/c1-17-9-12-20(13-10-17)26-25(29)15-28-22-7-5-4-6-21(22)27-24(28)16-30-23-14-18(2)8-11-19(23)3/h4-14H,15-16H2,1-3H3,(H,26,29). The molecule has 1 aromatic heterocycles. The predicted octanol–water partition coefficient (Wildman–Crippen LogP) is 5.18. The summed E-state index contributed by atoms with van der Waals surface area (Å²) in [6.07, 6.45) is 0. The highest BCUT2D eigenvalue weighted by Crippen LogP contribution is 2.22. The van der Waals surface area contributed by atoms with Crippen LogP contribution >= 0.6 is 0 Å². The summed E-state index contributed by atoms with van der Waals surface area (Å²) in [6.45, 7) is 6.53. The fourth-order valence-electron chi connectivity index (χ4n) is 3.40. The number of nitrogens with zero attached hydrogens (tertiary/aromatic N) is 2. The first kappa shape index (κ1) is 19.7. The zero-order chi connectivity index (χ0) is 21.1. The molecule has 5 nitrogen and oxygen atoms in total. The number of ether oxygens (including phenoxy) is 1. The molecular formula is C25H25N3O2. The van der Waals surface area contributed by atoms with E-state index in [2.05, 4.69) is 11.4 Å². The molecule has 5 heteroatoms. The lowest BCUT2D eigenvalue weighted by Crippen LogP contribution is -2.20. The number of aromatic nitrogens is 2. The number of benzene rings is 3. The Bertz CT molecular complexity index is 1190. The monoisotopic (exact) mass is 399 g/mol. The molecule has 0 radical (unpaired) electrons. The van der Waals surface area contributed by atoms with Gasteiger partial charge in [0.2, 0.25) is 5.91 Å². The quantitative estimate of drug-likeness (QED) is 0.486. The third-order valence-electron chi connectivity index (χ3n) is 5.07. The van der Waals surface area contributed by atoms with Gasteiger partial charge in [0.25, 0.3) is 0 Å². The number of nitrogens with one attached hydrogen (secondary N) is 1. The maximum absolute atomic E-state index is 12.7. The topological polar surface area (TPSA) is 56.2 Å². The molecule has 0 atom stereocenters. The Kier molecular flexibility index (Phi) is 5.53. The number of aryl methyl sites for hydroxylation is 3. The summed E-state index contributed by atoms with van der Waals surface area (Å²) in [5, 5.41) is 2.96. The molecule has 0 aliphatic carbocycles. The Morgan fingerprint density at radius 3 is 2.50 bits per heavy atom. The van der Waals surface area contributed by atoms with Gasteiger partial charge in [-0.1, -0.05) is 42.0 Å². The van der Waals surface area contributed by atoms with Gasteiger partial charge in [-0.2, -0.15) is 0 Å². The smallest absolute Gasteiger partial charge is 0.244 e. The van der Waals surface area contributed by atoms with E-state index in [-0.39, 0.29) is 19.1 Å². The second kappa shape index (κ2) is 8.41. The van der Waals surface area contributed by atoms with Gasteiger partial charge < -0.3 is 14.6 Å². The van der Waals surface area contributed by atoms with E-state index in [1.165, 1.54) is 0 Å². The molecule has 4 rings (SSSR count). The maximum Gasteiger partial charge on any atom is 0.244 e. The van der Waals surface area contributed by atoms with Crippen molar-refractivity contribution in [3.05, 3.63) is 89.2 Å². The SMILES string of the molecule is Cc1ccc(NC(=O)Cn2c(COc3cc(C)ccc3C)nc3ccccc32)cc1. The van der Waals surface area contributed by atoms with E-state index < -0.39 is 0 Å². The lowest BCUT2D eigenvalue weighted by atomic mass is 10.1. The summed E-state index contributed by atoms with van der Waals surface area (Å²) >= 11 is 0. The van der Waals surface area contributed by atoms with Gasteiger partial charge >= 0.3 is 0 Å². The molecule has 0 fully saturated rings. The Balaban J connectivity index is 1.57. The largest absolute Gasteiger partial charge is 0.485 e. The van der Waals surface area contributed by atoms with Crippen LogP contribution in [0.3, 0.4) is 0 Å². The van der Waals surface area contributed by atoms with Crippen LogP contribution in [0, 0.1) is 20.8 Å². The molecule has 0 aliphatic heterocycles. The molecule has 0 spiro atoms. The summed E-state index contributed by atoms with van der Waals surface area (Å²) in [7, 11) is 0. The summed E-state index contributed by atoms with van der Waals surface area (Å²) in [6, 6.07) is 21.7. The molecule has 3 aromatic carbocycles. The number of carbonyl (C=O) groups excluding carboxylic acids is 1. The molecule has 0 saturated carbocycles. The molecule has 152 valence electrons. The number of para-hydroxylation sites is 2. The molecule has 0 aliphatic rings. The minimum atomic E-state index is -0.102. The molecular weight excluding hydrogens is 374 g/mol. The molecule has 0 bridgehead atoms. The number of fused-ring (bicyclic) bond motifs is 1. The van der Waals surface area contributed by atoms with Gasteiger partial charge in [0.1, 0.15) is 24.7 Å². The first-order valence-electron chi connectivity index (χ1n) is 10.0. The average Bonchev–Trinajstić information content (AvgIpc) is 3.08. The minimum absolute atomic E-state index is 0.102. The van der Waals surface area contributed by atoms with Gasteiger partial charge in [-0.25, -0.2) is 4.98 Å². The molecule has 1 heterocycles. The molecule has 1 amide bonds. The summed E-state index contributed by atoms with van der Waals surface area (Å²) in [4.78, 5) is 17.4. The van der Waals surface area contributed by atoms with E-state index in [4.69, 9.17) is 9.72 Å². The number of anilines is 1. The number of amides is 1. The van der Waals surface area contributed by atoms with Crippen LogP contribution in [-0.4, -0.2) is 15.5 Å². The number of hydrogen-bond donors (Lipinski definition) is 1. The van der Waals surface area contributed by atoms with Crippen LogP contribution in [0.1, 0.15) is 22.5 Å². The summed E-state index contributed by atoms with van der Waals surface area (Å²) in [5.74, 6) is 1.45. The highest BCUT2D eigenvalue weighted by Gasteiger charge is 2.15. The Morgan fingerprint density at radius 2 is 1.70 bits per heavy atom. The Labute approximate surface area is 176 Å². The van der Waals surface area contributed by atoms with Crippen molar-refractivity contribution in [2.45, 2.75) is 33.9 Å². The number of imidazole rings is 1. The van der Waals surface area contributed by atoms with Crippen LogP contribution < -0.4 is 10.1 Å². The molecule has 30 heavy (non-hydrogen) atoms. The van der Waals surface area contributed by atoms with Crippen LogP contribution in [0.4, 0.5) is 5.69 Å². The third-order valence-corrected chi connectivity index (χ3v) is 5.07. The molecule has 1 N–H and O–H groups in total. The van der Waals surface area contributed by atoms with Gasteiger partial charge in [0.05, 0.1) is 11.0 Å². The first-order chi connectivity index (χ1) is 14.5. The van der Waals surface area contributed by atoms with Crippen molar-refractivity contribution in [2.75, 3.05) is 5.32 Å². The summed E-state index contributed by atoms with van der Waals surface area (Å²) in [5.41, 5.74) is 5.90. The maximum atomic E-state index is 12.7. The van der Waals surface area contributed by atoms with Crippen LogP contribution in [0.25, 0.3) is 11.0 Å². The van der Waals surface area contributed by atoms with Crippen LogP contribution in [-0.2, 0) is 17.9 Å². The number of carbonyl (C=O) groups is 1. The van der Waals surface area contributed by atoms with Gasteiger partial charge in [-0.15, -0.1) is 0 Å². The fourth-order valence-corrected chi connectivity index (χ4v) is 3.40. The van der Waals surface area contributed by atoms with E-state index in [0.717, 1.165) is 45.0 Å². The predicted molar refractivity (Wildman–Crippen MR) is 120 cm³/mol. The normalized spacial score (nSPS) is 10.9. The summed E-state index contributed by atoms with van der Waals surface area (Å²) < 4.78 is 7.99. The first-order valence-corrected chi connectivity index (χ1v) is 10.0. The highest BCUT2D eigenvalue weighted by atomic mass is 16.5. The van der Waals surface area contributed by atoms with Gasteiger partial charge in [-0.3, -0.25) is 4.79 Å². The van der Waals surface area contributed by atoms with E-state index in [9.17, 15) is 4.79 Å². The number of hydrogen-bond acceptors (Lipinski definition) is 3.